The molecule has 0 saturated heterocycles. The summed E-state index contributed by atoms with van der Waals surface area (Å²) in [7, 11) is 0. The number of rotatable bonds is 6. The van der Waals surface area contributed by atoms with Crippen LogP contribution in [0.1, 0.15) is 24.5 Å². The molecule has 0 radical (unpaired) electrons. The lowest BCUT2D eigenvalue weighted by atomic mass is 10.1. The lowest BCUT2D eigenvalue weighted by molar-refractivity contribution is -0.137. The highest BCUT2D eigenvalue weighted by Gasteiger charge is 2.36. The van der Waals surface area contributed by atoms with Crippen LogP contribution in [0.2, 0.25) is 0 Å². The third kappa shape index (κ3) is 4.45. The van der Waals surface area contributed by atoms with Crippen LogP contribution in [-0.2, 0) is 6.18 Å². The minimum atomic E-state index is -4.54. The van der Waals surface area contributed by atoms with Crippen LogP contribution in [0, 0.1) is 11.3 Å². The highest BCUT2D eigenvalue weighted by Crippen LogP contribution is 2.37. The number of hydrogen-bond donors (Lipinski definition) is 2. The van der Waals surface area contributed by atoms with E-state index in [0.29, 0.717) is 13.1 Å². The molecule has 0 aliphatic heterocycles. The van der Waals surface area contributed by atoms with Crippen molar-refractivity contribution in [3.63, 3.8) is 0 Å². The van der Waals surface area contributed by atoms with Gasteiger partial charge in [0.1, 0.15) is 0 Å². The van der Waals surface area contributed by atoms with E-state index in [0.717, 1.165) is 13.0 Å². The predicted octanol–water partition coefficient (Wildman–Crippen LogP) is 2.99. The summed E-state index contributed by atoms with van der Waals surface area (Å²) < 4.78 is 38.8. The molecule has 0 atom stereocenters. The number of alkyl halides is 3. The largest absolute Gasteiger partial charge is 0.419 e. The van der Waals surface area contributed by atoms with Crippen molar-refractivity contribution < 1.29 is 13.2 Å². The van der Waals surface area contributed by atoms with Gasteiger partial charge in [-0.05, 0) is 25.1 Å². The maximum atomic E-state index is 12.9. The van der Waals surface area contributed by atoms with Crippen LogP contribution in [0.4, 0.5) is 18.9 Å². The predicted molar refractivity (Wildman–Crippen MR) is 67.8 cm³/mol. The summed E-state index contributed by atoms with van der Waals surface area (Å²) in [6.45, 7) is 3.78. The van der Waals surface area contributed by atoms with Crippen molar-refractivity contribution in [1.29, 1.82) is 5.26 Å². The summed E-state index contributed by atoms with van der Waals surface area (Å²) in [4.78, 5) is 0. The second kappa shape index (κ2) is 7.00. The molecule has 0 aliphatic rings. The first-order valence-electron chi connectivity index (χ1n) is 6.05. The fraction of sp³-hybridized carbons (Fsp3) is 0.462. The van der Waals surface area contributed by atoms with E-state index in [2.05, 4.69) is 10.6 Å². The number of nitrogens with one attached hydrogen (secondary N) is 2. The summed E-state index contributed by atoms with van der Waals surface area (Å²) in [5, 5.41) is 14.6. The molecule has 3 nitrogen and oxygen atoms in total. The zero-order valence-electron chi connectivity index (χ0n) is 10.6. The molecule has 1 aromatic rings. The molecule has 0 bridgehead atoms. The van der Waals surface area contributed by atoms with Crippen LogP contribution in [0.3, 0.4) is 0 Å². The van der Waals surface area contributed by atoms with Crippen LogP contribution in [0.25, 0.3) is 0 Å². The van der Waals surface area contributed by atoms with Gasteiger partial charge in [-0.15, -0.1) is 0 Å². The van der Waals surface area contributed by atoms with E-state index in [1.54, 1.807) is 6.07 Å². The molecule has 19 heavy (non-hydrogen) atoms. The van der Waals surface area contributed by atoms with E-state index in [4.69, 9.17) is 5.26 Å². The smallest absolute Gasteiger partial charge is 0.383 e. The van der Waals surface area contributed by atoms with Gasteiger partial charge in [-0.1, -0.05) is 13.0 Å². The third-order valence-corrected chi connectivity index (χ3v) is 2.51. The Hall–Kier alpha value is -1.74. The molecule has 2 N–H and O–H groups in total. The Bertz CT molecular complexity index is 449. The molecule has 0 amide bonds. The zero-order valence-corrected chi connectivity index (χ0v) is 10.6. The highest BCUT2D eigenvalue weighted by atomic mass is 19.4. The lowest BCUT2D eigenvalue weighted by Gasteiger charge is -2.15. The summed E-state index contributed by atoms with van der Waals surface area (Å²) >= 11 is 0. The molecular formula is C13H16F3N3. The van der Waals surface area contributed by atoms with Crippen molar-refractivity contribution in [1.82, 2.24) is 5.32 Å². The van der Waals surface area contributed by atoms with Gasteiger partial charge >= 0.3 is 6.18 Å². The van der Waals surface area contributed by atoms with Crippen molar-refractivity contribution in [3.05, 3.63) is 29.3 Å². The molecule has 6 heteroatoms. The van der Waals surface area contributed by atoms with E-state index >= 15 is 0 Å². The standard InChI is InChI=1S/C13H16F3N3/c1-2-6-18-7-8-19-11-5-3-4-10(9-17)12(11)13(14,15)16/h3-5,18-19H,2,6-8H2,1H3. The summed E-state index contributed by atoms with van der Waals surface area (Å²) in [5.41, 5.74) is -1.31. The van der Waals surface area contributed by atoms with E-state index in [1.165, 1.54) is 18.2 Å². The molecule has 0 aliphatic carbocycles. The average molecular weight is 271 g/mol. The number of hydrogen-bond acceptors (Lipinski definition) is 3. The molecule has 0 heterocycles. The Morgan fingerprint density at radius 2 is 1.95 bits per heavy atom. The maximum Gasteiger partial charge on any atom is 0.419 e. The first kappa shape index (κ1) is 15.3. The van der Waals surface area contributed by atoms with E-state index in [1.807, 2.05) is 6.92 Å². The number of nitriles is 1. The quantitative estimate of drug-likeness (QED) is 0.782. The van der Waals surface area contributed by atoms with Gasteiger partial charge in [0.05, 0.1) is 17.2 Å². The van der Waals surface area contributed by atoms with Gasteiger partial charge in [-0.3, -0.25) is 0 Å². The highest BCUT2D eigenvalue weighted by molar-refractivity contribution is 5.59. The van der Waals surface area contributed by atoms with Crippen molar-refractivity contribution in [2.75, 3.05) is 25.0 Å². The van der Waals surface area contributed by atoms with Crippen molar-refractivity contribution >= 4 is 5.69 Å². The maximum absolute atomic E-state index is 12.9. The molecule has 0 saturated carbocycles. The topological polar surface area (TPSA) is 47.8 Å². The van der Waals surface area contributed by atoms with Crippen molar-refractivity contribution in [2.45, 2.75) is 19.5 Å². The summed E-state index contributed by atoms with van der Waals surface area (Å²) in [6, 6.07) is 5.52. The Morgan fingerprint density at radius 3 is 2.53 bits per heavy atom. The van der Waals surface area contributed by atoms with Gasteiger partial charge < -0.3 is 10.6 Å². The molecule has 104 valence electrons. The lowest BCUT2D eigenvalue weighted by Crippen LogP contribution is -2.24. The van der Waals surface area contributed by atoms with Crippen LogP contribution >= 0.6 is 0 Å². The first-order chi connectivity index (χ1) is 9.00. The van der Waals surface area contributed by atoms with Crippen LogP contribution < -0.4 is 10.6 Å². The van der Waals surface area contributed by atoms with Crippen molar-refractivity contribution in [2.24, 2.45) is 0 Å². The first-order valence-corrected chi connectivity index (χ1v) is 6.05. The zero-order chi connectivity index (χ0) is 14.3. The fourth-order valence-electron chi connectivity index (χ4n) is 1.69. The van der Waals surface area contributed by atoms with Crippen molar-refractivity contribution in [3.8, 4) is 6.07 Å². The second-order valence-corrected chi connectivity index (χ2v) is 4.01. The number of halogens is 3. The van der Waals surface area contributed by atoms with Crippen LogP contribution in [-0.4, -0.2) is 19.6 Å². The van der Waals surface area contributed by atoms with E-state index in [9.17, 15) is 13.2 Å². The Morgan fingerprint density at radius 1 is 1.21 bits per heavy atom. The SMILES string of the molecule is CCCNCCNc1cccc(C#N)c1C(F)(F)F. The minimum Gasteiger partial charge on any atom is -0.383 e. The molecule has 0 aromatic heterocycles. The van der Waals surface area contributed by atoms with Gasteiger partial charge in [0.25, 0.3) is 0 Å². The van der Waals surface area contributed by atoms with Crippen LogP contribution in [0.15, 0.2) is 18.2 Å². The van der Waals surface area contributed by atoms with Crippen LogP contribution in [0.5, 0.6) is 0 Å². The minimum absolute atomic E-state index is 0.0511. The monoisotopic (exact) mass is 271 g/mol. The molecule has 0 fully saturated rings. The van der Waals surface area contributed by atoms with Gasteiger partial charge in [-0.25, -0.2) is 0 Å². The Kier molecular flexibility index (Phi) is 5.64. The van der Waals surface area contributed by atoms with E-state index in [-0.39, 0.29) is 11.3 Å². The summed E-state index contributed by atoms with van der Waals surface area (Å²) in [6.07, 6.45) is -3.57. The molecular weight excluding hydrogens is 255 g/mol. The van der Waals surface area contributed by atoms with Gasteiger partial charge in [-0.2, -0.15) is 18.4 Å². The van der Waals surface area contributed by atoms with Gasteiger partial charge in [0, 0.05) is 18.8 Å². The molecule has 0 unspecified atom stereocenters. The Labute approximate surface area is 110 Å². The third-order valence-electron chi connectivity index (χ3n) is 2.51. The fourth-order valence-corrected chi connectivity index (χ4v) is 1.69. The second-order valence-electron chi connectivity index (χ2n) is 4.01. The number of benzene rings is 1. The average Bonchev–Trinajstić information content (AvgIpc) is 2.36. The summed E-state index contributed by atoms with van der Waals surface area (Å²) in [5.74, 6) is 0. The van der Waals surface area contributed by atoms with E-state index < -0.39 is 11.7 Å². The molecule has 1 aromatic carbocycles. The van der Waals surface area contributed by atoms with Gasteiger partial charge in [0.2, 0.25) is 0 Å². The number of anilines is 1. The molecule has 0 spiro atoms. The van der Waals surface area contributed by atoms with Gasteiger partial charge in [0.15, 0.2) is 0 Å². The normalized spacial score (nSPS) is 11.1. The molecule has 1 rings (SSSR count). The Balaban J connectivity index is 2.81. The number of nitrogens with zero attached hydrogens (tertiary/aromatic N) is 1.